The predicted octanol–water partition coefficient (Wildman–Crippen LogP) is 2.32. The molecule has 0 radical (unpaired) electrons. The molecule has 2 rings (SSSR count). The summed E-state index contributed by atoms with van der Waals surface area (Å²) in [6.45, 7) is 1.42. The maximum atomic E-state index is 11.9. The number of hydrogen-bond acceptors (Lipinski definition) is 5. The maximum Gasteiger partial charge on any atom is 0.338 e. The van der Waals surface area contributed by atoms with Gasteiger partial charge >= 0.3 is 5.97 Å². The standard InChI is InChI=1S/C16H17NO5/c1-11(14-7-4-8-21-14)17-15(18)10-22-16(19)12-5-3-6-13(9-12)20-2/h3-9,11H,10H2,1-2H3,(H,17,18)/t11-/m1/s1. The second kappa shape index (κ2) is 7.31. The molecular formula is C16H17NO5. The molecule has 1 aromatic carbocycles. The van der Waals surface area contributed by atoms with Crippen LogP contribution in [0.15, 0.2) is 47.1 Å². The Morgan fingerprint density at radius 1 is 1.27 bits per heavy atom. The number of ether oxygens (including phenoxy) is 2. The number of nitrogens with one attached hydrogen (secondary N) is 1. The van der Waals surface area contributed by atoms with Crippen molar-refractivity contribution in [1.82, 2.24) is 5.32 Å². The van der Waals surface area contributed by atoms with Crippen molar-refractivity contribution in [1.29, 1.82) is 0 Å². The minimum absolute atomic E-state index is 0.293. The molecule has 0 aliphatic carbocycles. The summed E-state index contributed by atoms with van der Waals surface area (Å²) in [6, 6.07) is 9.73. The molecule has 6 heteroatoms. The van der Waals surface area contributed by atoms with Crippen LogP contribution in [0.4, 0.5) is 0 Å². The zero-order chi connectivity index (χ0) is 15.9. The van der Waals surface area contributed by atoms with Crippen LogP contribution in [-0.2, 0) is 9.53 Å². The van der Waals surface area contributed by atoms with Crippen LogP contribution in [-0.4, -0.2) is 25.6 Å². The molecule has 0 fully saturated rings. The third-order valence-electron chi connectivity index (χ3n) is 2.99. The van der Waals surface area contributed by atoms with E-state index in [0.717, 1.165) is 0 Å². The smallest absolute Gasteiger partial charge is 0.338 e. The highest BCUT2D eigenvalue weighted by molar-refractivity contribution is 5.91. The number of carbonyl (C=O) groups is 2. The Balaban J connectivity index is 1.84. The van der Waals surface area contributed by atoms with Crippen molar-refractivity contribution in [3.8, 4) is 5.75 Å². The molecule has 0 saturated carbocycles. The van der Waals surface area contributed by atoms with Crippen molar-refractivity contribution < 1.29 is 23.5 Å². The summed E-state index contributed by atoms with van der Waals surface area (Å²) in [5, 5.41) is 2.68. The molecule has 1 aromatic heterocycles. The normalized spacial score (nSPS) is 11.5. The Hall–Kier alpha value is -2.76. The van der Waals surface area contributed by atoms with Gasteiger partial charge in [-0.25, -0.2) is 4.79 Å². The fourth-order valence-electron chi connectivity index (χ4n) is 1.86. The van der Waals surface area contributed by atoms with Crippen LogP contribution in [0.2, 0.25) is 0 Å². The maximum absolute atomic E-state index is 11.9. The molecule has 1 N–H and O–H groups in total. The fourth-order valence-corrected chi connectivity index (χ4v) is 1.86. The lowest BCUT2D eigenvalue weighted by Gasteiger charge is -2.11. The summed E-state index contributed by atoms with van der Waals surface area (Å²) in [5.41, 5.74) is 0.325. The van der Waals surface area contributed by atoms with E-state index >= 15 is 0 Å². The third kappa shape index (κ3) is 4.12. The monoisotopic (exact) mass is 303 g/mol. The third-order valence-corrected chi connectivity index (χ3v) is 2.99. The number of esters is 1. The van der Waals surface area contributed by atoms with Gasteiger partial charge in [-0.2, -0.15) is 0 Å². The molecule has 1 heterocycles. The van der Waals surface area contributed by atoms with Gasteiger partial charge in [0.05, 0.1) is 25.0 Å². The molecule has 0 aliphatic heterocycles. The molecule has 0 saturated heterocycles. The van der Waals surface area contributed by atoms with E-state index in [2.05, 4.69) is 5.32 Å². The van der Waals surface area contributed by atoms with Gasteiger partial charge < -0.3 is 19.2 Å². The van der Waals surface area contributed by atoms with Crippen LogP contribution in [0, 0.1) is 0 Å². The molecule has 6 nitrogen and oxygen atoms in total. The zero-order valence-electron chi connectivity index (χ0n) is 12.4. The summed E-state index contributed by atoms with van der Waals surface area (Å²) >= 11 is 0. The van der Waals surface area contributed by atoms with Crippen LogP contribution in [0.1, 0.15) is 29.1 Å². The van der Waals surface area contributed by atoms with E-state index in [9.17, 15) is 9.59 Å². The first-order valence-corrected chi connectivity index (χ1v) is 6.74. The first-order valence-electron chi connectivity index (χ1n) is 6.74. The van der Waals surface area contributed by atoms with E-state index in [4.69, 9.17) is 13.9 Å². The van der Waals surface area contributed by atoms with E-state index in [0.29, 0.717) is 17.1 Å². The van der Waals surface area contributed by atoms with Gasteiger partial charge in [0.25, 0.3) is 5.91 Å². The van der Waals surface area contributed by atoms with Crippen molar-refractivity contribution in [2.24, 2.45) is 0 Å². The van der Waals surface area contributed by atoms with Gasteiger partial charge in [-0.15, -0.1) is 0 Å². The van der Waals surface area contributed by atoms with Gasteiger partial charge in [0, 0.05) is 0 Å². The lowest BCUT2D eigenvalue weighted by atomic mass is 10.2. The number of methoxy groups -OCH3 is 1. The second-order valence-electron chi connectivity index (χ2n) is 4.61. The largest absolute Gasteiger partial charge is 0.497 e. The number of carbonyl (C=O) groups excluding carboxylic acids is 2. The average Bonchev–Trinajstić information content (AvgIpc) is 3.07. The van der Waals surface area contributed by atoms with E-state index in [1.54, 1.807) is 43.3 Å². The van der Waals surface area contributed by atoms with Crippen molar-refractivity contribution in [2.45, 2.75) is 13.0 Å². The minimum Gasteiger partial charge on any atom is -0.497 e. The number of hydrogen-bond donors (Lipinski definition) is 1. The molecule has 116 valence electrons. The second-order valence-corrected chi connectivity index (χ2v) is 4.61. The number of rotatable bonds is 6. The molecule has 0 bridgehead atoms. The van der Waals surface area contributed by atoms with Crippen LogP contribution in [0.3, 0.4) is 0 Å². The lowest BCUT2D eigenvalue weighted by Crippen LogP contribution is -2.30. The highest BCUT2D eigenvalue weighted by Gasteiger charge is 2.14. The minimum atomic E-state index is -0.584. The summed E-state index contributed by atoms with van der Waals surface area (Å²) in [6.07, 6.45) is 1.53. The fraction of sp³-hybridized carbons (Fsp3) is 0.250. The summed E-state index contributed by atoms with van der Waals surface area (Å²) in [5.74, 6) is 0.192. The SMILES string of the molecule is COc1cccc(C(=O)OCC(=O)N[C@H](C)c2ccco2)c1. The van der Waals surface area contributed by atoms with E-state index in [-0.39, 0.29) is 12.6 Å². The molecule has 0 unspecified atom stereocenters. The van der Waals surface area contributed by atoms with Gasteiger partial charge in [-0.05, 0) is 37.3 Å². The van der Waals surface area contributed by atoms with Gasteiger partial charge in [0.15, 0.2) is 6.61 Å². The number of benzene rings is 1. The van der Waals surface area contributed by atoms with Crippen LogP contribution in [0.25, 0.3) is 0 Å². The number of amides is 1. The number of furan rings is 1. The molecule has 22 heavy (non-hydrogen) atoms. The van der Waals surface area contributed by atoms with Crippen LogP contribution in [0.5, 0.6) is 5.75 Å². The van der Waals surface area contributed by atoms with Crippen molar-refractivity contribution in [3.05, 3.63) is 54.0 Å². The summed E-state index contributed by atoms with van der Waals surface area (Å²) in [4.78, 5) is 23.6. The molecule has 2 aromatic rings. The van der Waals surface area contributed by atoms with E-state index in [1.165, 1.54) is 13.4 Å². The van der Waals surface area contributed by atoms with Gasteiger partial charge in [-0.3, -0.25) is 4.79 Å². The van der Waals surface area contributed by atoms with Crippen molar-refractivity contribution in [3.63, 3.8) is 0 Å². The highest BCUT2D eigenvalue weighted by atomic mass is 16.5. The van der Waals surface area contributed by atoms with Crippen molar-refractivity contribution >= 4 is 11.9 Å². The van der Waals surface area contributed by atoms with E-state index in [1.807, 2.05) is 0 Å². The molecule has 0 aliphatic rings. The molecule has 1 amide bonds. The van der Waals surface area contributed by atoms with Gasteiger partial charge in [0.1, 0.15) is 11.5 Å². The van der Waals surface area contributed by atoms with Gasteiger partial charge in [0.2, 0.25) is 0 Å². The average molecular weight is 303 g/mol. The Morgan fingerprint density at radius 3 is 2.77 bits per heavy atom. The molecule has 0 spiro atoms. The van der Waals surface area contributed by atoms with Crippen LogP contribution < -0.4 is 10.1 Å². The molecular weight excluding hydrogens is 286 g/mol. The zero-order valence-corrected chi connectivity index (χ0v) is 12.4. The summed E-state index contributed by atoms with van der Waals surface area (Å²) in [7, 11) is 1.51. The molecule has 1 atom stereocenters. The first-order chi connectivity index (χ1) is 10.6. The topological polar surface area (TPSA) is 77.8 Å². The lowest BCUT2D eigenvalue weighted by molar-refractivity contribution is -0.125. The quantitative estimate of drug-likeness (QED) is 0.829. The Bertz CT molecular complexity index is 636. The summed E-state index contributed by atoms with van der Waals surface area (Å²) < 4.78 is 15.2. The predicted molar refractivity (Wildman–Crippen MR) is 78.5 cm³/mol. The Morgan fingerprint density at radius 2 is 2.09 bits per heavy atom. The van der Waals surface area contributed by atoms with Crippen LogP contribution >= 0.6 is 0 Å². The first kappa shape index (κ1) is 15.6. The Kier molecular flexibility index (Phi) is 5.19. The van der Waals surface area contributed by atoms with Gasteiger partial charge in [-0.1, -0.05) is 6.07 Å². The Labute approximate surface area is 128 Å². The highest BCUT2D eigenvalue weighted by Crippen LogP contribution is 2.14. The van der Waals surface area contributed by atoms with E-state index < -0.39 is 11.9 Å². The van der Waals surface area contributed by atoms with Crippen molar-refractivity contribution in [2.75, 3.05) is 13.7 Å².